The topological polar surface area (TPSA) is 87.8 Å². The normalized spacial score (nSPS) is 18.9. The van der Waals surface area contributed by atoms with E-state index in [0.717, 1.165) is 59.2 Å². The van der Waals surface area contributed by atoms with Crippen LogP contribution < -0.4 is 10.9 Å². The van der Waals surface area contributed by atoms with Crippen LogP contribution in [0.3, 0.4) is 0 Å². The molecule has 0 unspecified atom stereocenters. The number of nitriles is 1. The first kappa shape index (κ1) is 20.4. The molecule has 2 aromatic heterocycles. The van der Waals surface area contributed by atoms with Gasteiger partial charge in [-0.15, -0.1) is 11.3 Å². The van der Waals surface area contributed by atoms with Gasteiger partial charge in [0.25, 0.3) is 5.56 Å². The maximum Gasteiger partial charge on any atom is 0.263 e. The molecular formula is C21H26N4O2S2. The van der Waals surface area contributed by atoms with Crippen molar-refractivity contribution in [2.45, 2.75) is 82.0 Å². The number of hydrogen-bond acceptors (Lipinski definition) is 6. The summed E-state index contributed by atoms with van der Waals surface area (Å²) in [6.45, 7) is 4.00. The molecule has 0 radical (unpaired) electrons. The summed E-state index contributed by atoms with van der Waals surface area (Å²) in [6.07, 6.45) is 7.56. The number of nitrogens with zero attached hydrogens (tertiary/aromatic N) is 3. The zero-order chi connectivity index (χ0) is 20.6. The minimum absolute atomic E-state index is 0.0240. The predicted molar refractivity (Wildman–Crippen MR) is 117 cm³/mol. The highest BCUT2D eigenvalue weighted by Crippen LogP contribution is 2.35. The van der Waals surface area contributed by atoms with Gasteiger partial charge in [-0.3, -0.25) is 14.2 Å². The predicted octanol–water partition coefficient (Wildman–Crippen LogP) is 4.23. The minimum Gasteiger partial charge on any atom is -0.337 e. The molecule has 1 N–H and O–H groups in total. The summed E-state index contributed by atoms with van der Waals surface area (Å²) < 4.78 is 1.84. The SMILES string of the molecule is Cc1sc2nc(SCC(=O)NC3(C#N)CCCC3)n(C3CCCC3)c(=O)c2c1C. The molecule has 6 nitrogen and oxygen atoms in total. The van der Waals surface area contributed by atoms with E-state index in [9.17, 15) is 14.9 Å². The molecule has 0 aliphatic heterocycles. The smallest absolute Gasteiger partial charge is 0.263 e. The highest BCUT2D eigenvalue weighted by Gasteiger charge is 2.35. The number of amides is 1. The van der Waals surface area contributed by atoms with E-state index in [-0.39, 0.29) is 23.3 Å². The van der Waals surface area contributed by atoms with Crippen LogP contribution in [0.2, 0.25) is 0 Å². The Hall–Kier alpha value is -1.85. The number of fused-ring (bicyclic) bond motifs is 1. The Labute approximate surface area is 178 Å². The van der Waals surface area contributed by atoms with Crippen molar-refractivity contribution in [3.63, 3.8) is 0 Å². The van der Waals surface area contributed by atoms with Gasteiger partial charge in [0, 0.05) is 10.9 Å². The van der Waals surface area contributed by atoms with Crippen molar-refractivity contribution in [2.24, 2.45) is 0 Å². The van der Waals surface area contributed by atoms with Crippen molar-refractivity contribution < 1.29 is 4.79 Å². The zero-order valence-electron chi connectivity index (χ0n) is 16.9. The molecule has 2 aliphatic carbocycles. The van der Waals surface area contributed by atoms with Crippen LogP contribution in [-0.4, -0.2) is 26.8 Å². The average molecular weight is 431 g/mol. The number of nitrogens with one attached hydrogen (secondary N) is 1. The minimum atomic E-state index is -0.720. The van der Waals surface area contributed by atoms with Crippen molar-refractivity contribution in [1.29, 1.82) is 5.26 Å². The summed E-state index contributed by atoms with van der Waals surface area (Å²) in [4.78, 5) is 32.6. The van der Waals surface area contributed by atoms with E-state index in [0.29, 0.717) is 18.0 Å². The average Bonchev–Trinajstić information content (AvgIpc) is 3.43. The highest BCUT2D eigenvalue weighted by atomic mass is 32.2. The lowest BCUT2D eigenvalue weighted by Crippen LogP contribution is -2.45. The molecule has 29 heavy (non-hydrogen) atoms. The van der Waals surface area contributed by atoms with Crippen LogP contribution in [0, 0.1) is 25.2 Å². The Morgan fingerprint density at radius 3 is 2.66 bits per heavy atom. The Bertz CT molecular complexity index is 1040. The number of hydrogen-bond donors (Lipinski definition) is 1. The van der Waals surface area contributed by atoms with Crippen LogP contribution in [0.15, 0.2) is 9.95 Å². The van der Waals surface area contributed by atoms with E-state index >= 15 is 0 Å². The van der Waals surface area contributed by atoms with Crippen LogP contribution in [0.1, 0.15) is 67.8 Å². The third kappa shape index (κ3) is 3.82. The van der Waals surface area contributed by atoms with E-state index in [1.807, 2.05) is 18.4 Å². The Morgan fingerprint density at radius 2 is 2.00 bits per heavy atom. The first-order valence-electron chi connectivity index (χ1n) is 10.3. The fourth-order valence-corrected chi connectivity index (χ4v) is 6.49. The summed E-state index contributed by atoms with van der Waals surface area (Å²) >= 11 is 2.86. The standard InChI is InChI=1S/C21H26N4O2S2/c1-13-14(2)29-18-17(13)19(27)25(15-7-3-4-8-15)20(23-18)28-11-16(26)24-21(12-22)9-5-6-10-21/h15H,3-11H2,1-2H3,(H,24,26). The molecule has 8 heteroatoms. The molecule has 2 saturated carbocycles. The number of thiophene rings is 1. The lowest BCUT2D eigenvalue weighted by atomic mass is 10.0. The second-order valence-corrected chi connectivity index (χ2v) is 10.4. The molecule has 2 heterocycles. The van der Waals surface area contributed by atoms with Crippen molar-refractivity contribution in [3.8, 4) is 6.07 Å². The summed E-state index contributed by atoms with van der Waals surface area (Å²) in [7, 11) is 0. The van der Waals surface area contributed by atoms with Crippen molar-refractivity contribution in [1.82, 2.24) is 14.9 Å². The molecule has 0 atom stereocenters. The molecule has 0 aromatic carbocycles. The monoisotopic (exact) mass is 430 g/mol. The molecule has 0 saturated heterocycles. The van der Waals surface area contributed by atoms with Crippen molar-refractivity contribution in [3.05, 3.63) is 20.8 Å². The Kier molecular flexibility index (Phi) is 5.71. The third-order valence-electron chi connectivity index (χ3n) is 6.27. The number of carbonyl (C=O) groups is 1. The zero-order valence-corrected chi connectivity index (χ0v) is 18.5. The number of rotatable bonds is 5. The Balaban J connectivity index is 1.62. The fourth-order valence-electron chi connectivity index (χ4n) is 4.55. The van der Waals surface area contributed by atoms with Gasteiger partial charge in [-0.05, 0) is 57.9 Å². The summed E-state index contributed by atoms with van der Waals surface area (Å²) in [6, 6.07) is 2.45. The van der Waals surface area contributed by atoms with Gasteiger partial charge >= 0.3 is 0 Å². The first-order valence-corrected chi connectivity index (χ1v) is 12.1. The van der Waals surface area contributed by atoms with Crippen molar-refractivity contribution in [2.75, 3.05) is 5.75 Å². The van der Waals surface area contributed by atoms with Crippen LogP contribution in [0.5, 0.6) is 0 Å². The molecule has 4 rings (SSSR count). The van der Waals surface area contributed by atoms with E-state index in [2.05, 4.69) is 11.4 Å². The number of aromatic nitrogens is 2. The molecule has 2 aliphatic rings. The first-order chi connectivity index (χ1) is 13.9. The number of thioether (sulfide) groups is 1. The second kappa shape index (κ2) is 8.11. The van der Waals surface area contributed by atoms with Crippen LogP contribution in [-0.2, 0) is 4.79 Å². The lowest BCUT2D eigenvalue weighted by Gasteiger charge is -2.22. The fraction of sp³-hybridized carbons (Fsp3) is 0.619. The van der Waals surface area contributed by atoms with Gasteiger partial charge in [0.1, 0.15) is 10.4 Å². The van der Waals surface area contributed by atoms with Gasteiger partial charge in [-0.2, -0.15) is 5.26 Å². The summed E-state index contributed by atoms with van der Waals surface area (Å²) in [5.74, 6) is 0.00145. The molecule has 0 bridgehead atoms. The van der Waals surface area contributed by atoms with Gasteiger partial charge in [-0.25, -0.2) is 4.98 Å². The Morgan fingerprint density at radius 1 is 1.31 bits per heavy atom. The maximum absolute atomic E-state index is 13.4. The van der Waals surface area contributed by atoms with E-state index in [1.165, 1.54) is 11.8 Å². The van der Waals surface area contributed by atoms with Gasteiger partial charge in [0.05, 0.1) is 17.2 Å². The van der Waals surface area contributed by atoms with Crippen molar-refractivity contribution >= 4 is 39.2 Å². The molecular weight excluding hydrogens is 404 g/mol. The van der Waals surface area contributed by atoms with E-state index in [1.54, 1.807) is 11.3 Å². The summed E-state index contributed by atoms with van der Waals surface area (Å²) in [5, 5.41) is 13.8. The van der Waals surface area contributed by atoms with Gasteiger partial charge in [-0.1, -0.05) is 24.6 Å². The van der Waals surface area contributed by atoms with E-state index in [4.69, 9.17) is 4.98 Å². The molecule has 0 spiro atoms. The summed E-state index contributed by atoms with van der Waals surface area (Å²) in [5.41, 5.74) is 0.318. The van der Waals surface area contributed by atoms with Crippen LogP contribution in [0.25, 0.3) is 10.2 Å². The number of aryl methyl sites for hydroxylation is 2. The van der Waals surface area contributed by atoms with E-state index < -0.39 is 5.54 Å². The highest BCUT2D eigenvalue weighted by molar-refractivity contribution is 7.99. The second-order valence-electron chi connectivity index (χ2n) is 8.21. The third-order valence-corrected chi connectivity index (χ3v) is 8.33. The quantitative estimate of drug-likeness (QED) is 0.566. The molecule has 2 fully saturated rings. The molecule has 2 aromatic rings. The van der Waals surface area contributed by atoms with Crippen LogP contribution in [0.4, 0.5) is 0 Å². The largest absolute Gasteiger partial charge is 0.337 e. The van der Waals surface area contributed by atoms with Crippen LogP contribution >= 0.6 is 23.1 Å². The number of carbonyl (C=O) groups excluding carboxylic acids is 1. The lowest BCUT2D eigenvalue weighted by molar-refractivity contribution is -0.119. The van der Waals surface area contributed by atoms with Gasteiger partial charge in [0.15, 0.2) is 5.16 Å². The van der Waals surface area contributed by atoms with Gasteiger partial charge < -0.3 is 5.32 Å². The van der Waals surface area contributed by atoms with Gasteiger partial charge in [0.2, 0.25) is 5.91 Å². The molecule has 1 amide bonds. The maximum atomic E-state index is 13.4. The molecule has 154 valence electrons.